The normalized spacial score (nSPS) is 30.9. The molecule has 3 rings (SSSR count). The molecule has 4 atom stereocenters. The Hall–Kier alpha value is -1.09. The quantitative estimate of drug-likeness (QED) is 0.703. The van der Waals surface area contributed by atoms with Crippen LogP contribution in [0.15, 0.2) is 11.3 Å². The zero-order valence-corrected chi connectivity index (χ0v) is 13.4. The van der Waals surface area contributed by atoms with Gasteiger partial charge in [0.1, 0.15) is 23.8 Å². The van der Waals surface area contributed by atoms with Gasteiger partial charge in [0.15, 0.2) is 0 Å². The van der Waals surface area contributed by atoms with E-state index >= 15 is 0 Å². The number of nitrogens with one attached hydrogen (secondary N) is 1. The molecule has 0 radical (unpaired) electrons. The SMILES string of the molecule is CCCSC[C@H]1O[C@@H](n2cnc3c2NC=NCC3O)C[C@H]1O. The zero-order chi connectivity index (χ0) is 15.5. The molecule has 3 heterocycles. The summed E-state index contributed by atoms with van der Waals surface area (Å²) in [6.45, 7) is 2.43. The minimum Gasteiger partial charge on any atom is -0.390 e. The lowest BCUT2D eigenvalue weighted by Gasteiger charge is -2.17. The Kier molecular flexibility index (Phi) is 5.02. The van der Waals surface area contributed by atoms with Crippen LogP contribution < -0.4 is 5.32 Å². The van der Waals surface area contributed by atoms with Gasteiger partial charge in [-0.2, -0.15) is 11.8 Å². The average molecular weight is 326 g/mol. The van der Waals surface area contributed by atoms with Gasteiger partial charge in [0, 0.05) is 12.2 Å². The fraction of sp³-hybridized carbons (Fsp3) is 0.714. The Morgan fingerprint density at radius 3 is 3.18 bits per heavy atom. The predicted octanol–water partition coefficient (Wildman–Crippen LogP) is 1.16. The van der Waals surface area contributed by atoms with E-state index in [2.05, 4.69) is 22.2 Å². The third-order valence-electron chi connectivity index (χ3n) is 3.85. The highest BCUT2D eigenvalue weighted by molar-refractivity contribution is 7.99. The van der Waals surface area contributed by atoms with Crippen molar-refractivity contribution < 1.29 is 14.9 Å². The van der Waals surface area contributed by atoms with Crippen molar-refractivity contribution in [1.82, 2.24) is 9.55 Å². The summed E-state index contributed by atoms with van der Waals surface area (Å²) < 4.78 is 7.83. The Morgan fingerprint density at radius 1 is 1.50 bits per heavy atom. The third kappa shape index (κ3) is 3.15. The van der Waals surface area contributed by atoms with Gasteiger partial charge in [-0.05, 0) is 12.2 Å². The van der Waals surface area contributed by atoms with Crippen molar-refractivity contribution >= 4 is 23.9 Å². The van der Waals surface area contributed by atoms with Gasteiger partial charge in [-0.15, -0.1) is 0 Å². The molecular formula is C14H22N4O3S. The molecule has 1 aromatic rings. The van der Waals surface area contributed by atoms with E-state index in [4.69, 9.17) is 4.74 Å². The zero-order valence-electron chi connectivity index (χ0n) is 12.6. The first kappa shape index (κ1) is 15.8. The van der Waals surface area contributed by atoms with Crippen molar-refractivity contribution in [3.8, 4) is 0 Å². The molecule has 0 aliphatic carbocycles. The fourth-order valence-electron chi connectivity index (χ4n) is 2.71. The maximum Gasteiger partial charge on any atom is 0.139 e. The van der Waals surface area contributed by atoms with E-state index in [-0.39, 0.29) is 12.3 Å². The molecule has 3 N–H and O–H groups in total. The van der Waals surface area contributed by atoms with Crippen molar-refractivity contribution in [2.45, 2.75) is 44.3 Å². The largest absolute Gasteiger partial charge is 0.390 e. The van der Waals surface area contributed by atoms with Gasteiger partial charge in [0.25, 0.3) is 0 Å². The van der Waals surface area contributed by atoms with Crippen molar-refractivity contribution in [3.05, 3.63) is 12.0 Å². The van der Waals surface area contributed by atoms with Crippen LogP contribution in [0.3, 0.4) is 0 Å². The van der Waals surface area contributed by atoms with Gasteiger partial charge in [-0.3, -0.25) is 9.56 Å². The number of fused-ring (bicyclic) bond motifs is 1. The summed E-state index contributed by atoms with van der Waals surface area (Å²) in [5.74, 6) is 2.55. The molecule has 1 saturated heterocycles. The Bertz CT molecular complexity index is 536. The number of imidazole rings is 1. The molecule has 0 aromatic carbocycles. The van der Waals surface area contributed by atoms with Crippen LogP contribution in [0.5, 0.6) is 0 Å². The highest BCUT2D eigenvalue weighted by atomic mass is 32.2. The predicted molar refractivity (Wildman–Crippen MR) is 86.3 cm³/mol. The van der Waals surface area contributed by atoms with Gasteiger partial charge in [0.05, 0.1) is 31.4 Å². The van der Waals surface area contributed by atoms with Gasteiger partial charge in [0.2, 0.25) is 0 Å². The van der Waals surface area contributed by atoms with Crippen molar-refractivity contribution in [3.63, 3.8) is 0 Å². The fourth-order valence-corrected chi connectivity index (χ4v) is 3.70. The molecule has 22 heavy (non-hydrogen) atoms. The molecule has 122 valence electrons. The number of aromatic nitrogens is 2. The Labute approximate surface area is 133 Å². The average Bonchev–Trinajstić information content (AvgIpc) is 3.03. The summed E-state index contributed by atoms with van der Waals surface area (Å²) in [6, 6.07) is 0. The van der Waals surface area contributed by atoms with Crippen LogP contribution in [-0.4, -0.2) is 56.4 Å². The van der Waals surface area contributed by atoms with Crippen LogP contribution >= 0.6 is 11.8 Å². The monoisotopic (exact) mass is 326 g/mol. The lowest BCUT2D eigenvalue weighted by Crippen LogP contribution is -2.23. The molecule has 7 nitrogen and oxygen atoms in total. The number of hydrogen-bond donors (Lipinski definition) is 3. The molecule has 0 saturated carbocycles. The first-order chi connectivity index (χ1) is 10.7. The molecule has 0 bridgehead atoms. The summed E-state index contributed by atoms with van der Waals surface area (Å²) >= 11 is 1.80. The minimum absolute atomic E-state index is 0.163. The number of thioether (sulfide) groups is 1. The number of hydrogen-bond acceptors (Lipinski definition) is 7. The number of rotatable bonds is 5. The van der Waals surface area contributed by atoms with Crippen LogP contribution in [0, 0.1) is 0 Å². The van der Waals surface area contributed by atoms with Gasteiger partial charge in [-0.25, -0.2) is 4.98 Å². The first-order valence-electron chi connectivity index (χ1n) is 7.61. The number of aliphatic imine (C=N–C) groups is 1. The van der Waals surface area contributed by atoms with E-state index in [0.717, 1.165) is 17.9 Å². The summed E-state index contributed by atoms with van der Waals surface area (Å²) in [5.41, 5.74) is 0.569. The summed E-state index contributed by atoms with van der Waals surface area (Å²) in [4.78, 5) is 8.32. The number of ether oxygens (including phenoxy) is 1. The van der Waals surface area contributed by atoms with Gasteiger partial charge >= 0.3 is 0 Å². The Balaban J connectivity index is 1.72. The second-order valence-electron chi connectivity index (χ2n) is 5.55. The van der Waals surface area contributed by atoms with Crippen LogP contribution in [-0.2, 0) is 4.74 Å². The van der Waals surface area contributed by atoms with E-state index < -0.39 is 12.2 Å². The molecule has 8 heteroatoms. The minimum atomic E-state index is -0.718. The highest BCUT2D eigenvalue weighted by Crippen LogP contribution is 2.35. The second kappa shape index (κ2) is 6.99. The number of nitrogens with zero attached hydrogens (tertiary/aromatic N) is 3. The number of aliphatic hydroxyl groups excluding tert-OH is 2. The summed E-state index contributed by atoms with van der Waals surface area (Å²) in [6.07, 6.45) is 3.23. The maximum atomic E-state index is 10.2. The van der Waals surface area contributed by atoms with E-state index in [1.807, 2.05) is 4.57 Å². The van der Waals surface area contributed by atoms with E-state index in [1.165, 1.54) is 0 Å². The third-order valence-corrected chi connectivity index (χ3v) is 5.11. The maximum absolute atomic E-state index is 10.2. The smallest absolute Gasteiger partial charge is 0.139 e. The Morgan fingerprint density at radius 2 is 2.36 bits per heavy atom. The topological polar surface area (TPSA) is 91.9 Å². The van der Waals surface area contributed by atoms with Crippen LogP contribution in [0.25, 0.3) is 0 Å². The molecule has 1 fully saturated rings. The molecule has 2 aliphatic rings. The number of anilines is 1. The molecule has 0 spiro atoms. The van der Waals surface area contributed by atoms with Crippen molar-refractivity contribution in [1.29, 1.82) is 0 Å². The summed E-state index contributed by atoms with van der Waals surface area (Å²) in [5, 5.41) is 23.3. The molecule has 1 aromatic heterocycles. The van der Waals surface area contributed by atoms with E-state index in [1.54, 1.807) is 24.4 Å². The molecule has 2 aliphatic heterocycles. The van der Waals surface area contributed by atoms with Crippen molar-refractivity contribution in [2.75, 3.05) is 23.4 Å². The van der Waals surface area contributed by atoms with Gasteiger partial charge < -0.3 is 20.3 Å². The molecule has 0 amide bonds. The van der Waals surface area contributed by atoms with Crippen molar-refractivity contribution in [2.24, 2.45) is 4.99 Å². The lowest BCUT2D eigenvalue weighted by molar-refractivity contribution is -0.00443. The van der Waals surface area contributed by atoms with E-state index in [9.17, 15) is 10.2 Å². The standard InChI is InChI=1S/C14H22N4O3S/c1-2-3-22-6-11-9(19)4-12(21-11)18-8-17-13-10(20)5-15-7-16-14(13)18/h7-12,19-20H,2-6H2,1H3,(H,15,16)/t9-,10?,11-,12-/m1/s1. The molecular weight excluding hydrogens is 304 g/mol. The molecule has 1 unspecified atom stereocenters. The van der Waals surface area contributed by atoms with Crippen LogP contribution in [0.2, 0.25) is 0 Å². The number of aliphatic hydroxyl groups is 2. The van der Waals surface area contributed by atoms with Gasteiger partial charge in [-0.1, -0.05) is 6.92 Å². The first-order valence-corrected chi connectivity index (χ1v) is 8.77. The lowest BCUT2D eigenvalue weighted by atomic mass is 10.2. The second-order valence-corrected chi connectivity index (χ2v) is 6.70. The van der Waals surface area contributed by atoms with Crippen LogP contribution in [0.1, 0.15) is 37.8 Å². The van der Waals surface area contributed by atoms with E-state index in [0.29, 0.717) is 24.5 Å². The highest BCUT2D eigenvalue weighted by Gasteiger charge is 2.36. The van der Waals surface area contributed by atoms with Crippen LogP contribution in [0.4, 0.5) is 5.82 Å². The summed E-state index contributed by atoms with van der Waals surface area (Å²) in [7, 11) is 0.